The summed E-state index contributed by atoms with van der Waals surface area (Å²) in [6.07, 6.45) is 0. The van der Waals surface area contributed by atoms with Crippen LogP contribution in [0.2, 0.25) is 0 Å². The number of rotatable bonds is 4. The molecule has 0 saturated heterocycles. The molecule has 0 aliphatic heterocycles. The van der Waals surface area contributed by atoms with Crippen molar-refractivity contribution in [2.75, 3.05) is 11.0 Å². The largest absolute Gasteiger partial charge is 0.493 e. The average Bonchev–Trinajstić information content (AvgIpc) is 2.07. The van der Waals surface area contributed by atoms with Gasteiger partial charge in [-0.1, -0.05) is 18.2 Å². The number of benzene rings is 1. The van der Waals surface area contributed by atoms with Crippen molar-refractivity contribution in [2.45, 2.75) is 0 Å². The highest BCUT2D eigenvalue weighted by atomic mass is 127. The molecule has 60 valence electrons. The molecule has 1 aromatic rings. The van der Waals surface area contributed by atoms with Crippen LogP contribution in [0.3, 0.4) is 0 Å². The number of ether oxygens (including phenoxy) is 1. The van der Waals surface area contributed by atoms with E-state index in [4.69, 9.17) is 4.74 Å². The summed E-state index contributed by atoms with van der Waals surface area (Å²) in [6.45, 7) is 0.570. The summed E-state index contributed by atoms with van der Waals surface area (Å²) in [6, 6.07) is 9.56. The van der Waals surface area contributed by atoms with Crippen molar-refractivity contribution in [3.05, 3.63) is 30.3 Å². The smallest absolute Gasteiger partial charge is 0.147 e. The van der Waals surface area contributed by atoms with Crippen molar-refractivity contribution in [1.29, 1.82) is 0 Å². The second-order valence-electron chi connectivity index (χ2n) is 1.96. The number of hydrogen-bond acceptors (Lipinski definition) is 2. The van der Waals surface area contributed by atoms with Crippen LogP contribution in [0.15, 0.2) is 30.3 Å². The van der Waals surface area contributed by atoms with E-state index in [-0.39, 0.29) is 0 Å². The van der Waals surface area contributed by atoms with E-state index in [1.165, 1.54) is 0 Å². The summed E-state index contributed by atoms with van der Waals surface area (Å²) in [5.74, 6) is 0.852. The van der Waals surface area contributed by atoms with Gasteiger partial charge in [-0.2, -0.15) is 0 Å². The van der Waals surface area contributed by atoms with Crippen molar-refractivity contribution >= 4 is 21.2 Å². The molecule has 0 aliphatic rings. The van der Waals surface area contributed by atoms with Crippen LogP contribution in [0.4, 0.5) is 0 Å². The monoisotopic (exact) mass is 264 g/mol. The molecule has 1 rings (SSSR count). The number of halogens is 1. The lowest BCUT2D eigenvalue weighted by molar-refractivity contribution is 0.346. The van der Waals surface area contributed by atoms with E-state index in [2.05, 4.69) is 0 Å². The van der Waals surface area contributed by atoms with Gasteiger partial charge in [-0.3, -0.25) is 3.07 Å². The highest BCUT2D eigenvalue weighted by molar-refractivity contribution is 14.1. The van der Waals surface area contributed by atoms with Gasteiger partial charge in [0.05, 0.1) is 11.0 Å². The molecule has 0 radical (unpaired) electrons. The van der Waals surface area contributed by atoms with Gasteiger partial charge in [-0.05, 0) is 12.1 Å². The van der Waals surface area contributed by atoms with Crippen LogP contribution in [0, 0.1) is 0 Å². The van der Waals surface area contributed by atoms with E-state index >= 15 is 0 Å². The first-order valence-electron chi connectivity index (χ1n) is 3.33. The second-order valence-corrected chi connectivity index (χ2v) is 3.66. The summed E-state index contributed by atoms with van der Waals surface area (Å²) in [5, 5.41) is 0. The third kappa shape index (κ3) is 3.46. The van der Waals surface area contributed by atoms with Gasteiger partial charge in [0, 0.05) is 0 Å². The lowest BCUT2D eigenvalue weighted by atomic mass is 10.3. The van der Waals surface area contributed by atoms with Crippen LogP contribution >= 0.6 is 21.2 Å². The Morgan fingerprint density at radius 2 is 2.00 bits per heavy atom. The molecule has 3 heteroatoms. The topological polar surface area (TPSA) is 26.3 Å². The summed E-state index contributed by atoms with van der Waals surface area (Å²) in [4.78, 5) is 0. The highest BCUT2D eigenvalue weighted by Crippen LogP contribution is 2.08. The molecule has 0 bridgehead atoms. The van der Waals surface area contributed by atoms with Crippen LogP contribution < -0.4 is 4.74 Å². The SMILES string of the molecule is O=ICCOc1ccccc1. The van der Waals surface area contributed by atoms with Gasteiger partial charge in [0.1, 0.15) is 26.9 Å². The first-order chi connectivity index (χ1) is 5.43. The zero-order chi connectivity index (χ0) is 7.94. The Kier molecular flexibility index (Phi) is 4.11. The minimum atomic E-state index is -0.866. The Labute approximate surface area is 76.2 Å². The first-order valence-corrected chi connectivity index (χ1v) is 5.73. The zero-order valence-corrected chi connectivity index (χ0v) is 8.15. The Balaban J connectivity index is 2.33. The van der Waals surface area contributed by atoms with Gasteiger partial charge in [0.25, 0.3) is 0 Å². The van der Waals surface area contributed by atoms with Crippen LogP contribution in [-0.4, -0.2) is 11.0 Å². The molecule has 0 N–H and O–H groups in total. The molecule has 0 fully saturated rings. The van der Waals surface area contributed by atoms with Crippen LogP contribution in [0.5, 0.6) is 5.75 Å². The first kappa shape index (κ1) is 8.64. The summed E-state index contributed by atoms with van der Waals surface area (Å²) in [5.41, 5.74) is 0. The van der Waals surface area contributed by atoms with Crippen molar-refractivity contribution in [3.63, 3.8) is 0 Å². The third-order valence-corrected chi connectivity index (χ3v) is 2.05. The van der Waals surface area contributed by atoms with Gasteiger partial charge in [-0.25, -0.2) is 0 Å². The maximum atomic E-state index is 10.2. The molecule has 2 nitrogen and oxygen atoms in total. The van der Waals surface area contributed by atoms with Gasteiger partial charge >= 0.3 is 0 Å². The molecular formula is C8H9IO2. The highest BCUT2D eigenvalue weighted by Gasteiger charge is 1.89. The molecule has 0 amide bonds. The van der Waals surface area contributed by atoms with Crippen LogP contribution in [0.25, 0.3) is 0 Å². The van der Waals surface area contributed by atoms with Crippen molar-refractivity contribution in [2.24, 2.45) is 0 Å². The summed E-state index contributed by atoms with van der Waals surface area (Å²) >= 11 is -0.866. The predicted molar refractivity (Wildman–Crippen MR) is 51.5 cm³/mol. The molecule has 0 atom stereocenters. The number of alkyl halides is 1. The van der Waals surface area contributed by atoms with Crippen molar-refractivity contribution in [3.8, 4) is 5.75 Å². The fourth-order valence-corrected chi connectivity index (χ4v) is 1.10. The van der Waals surface area contributed by atoms with E-state index in [0.29, 0.717) is 11.0 Å². The van der Waals surface area contributed by atoms with Gasteiger partial charge in [0.2, 0.25) is 0 Å². The Morgan fingerprint density at radius 1 is 1.27 bits per heavy atom. The molecule has 1 aromatic carbocycles. The predicted octanol–water partition coefficient (Wildman–Crippen LogP) is 2.38. The normalized spacial score (nSPS) is 9.45. The lowest BCUT2D eigenvalue weighted by Gasteiger charge is -2.01. The Bertz CT molecular complexity index is 211. The van der Waals surface area contributed by atoms with E-state index in [1.807, 2.05) is 30.3 Å². The zero-order valence-electron chi connectivity index (χ0n) is 6.00. The summed E-state index contributed by atoms with van der Waals surface area (Å²) < 4.78 is 16.1. The fourth-order valence-electron chi connectivity index (χ4n) is 0.705. The summed E-state index contributed by atoms with van der Waals surface area (Å²) in [7, 11) is 0. The molecular weight excluding hydrogens is 255 g/mol. The number of para-hydroxylation sites is 1. The van der Waals surface area contributed by atoms with Crippen molar-refractivity contribution in [1.82, 2.24) is 0 Å². The van der Waals surface area contributed by atoms with E-state index in [0.717, 1.165) is 5.75 Å². The molecule has 0 spiro atoms. The molecule has 0 unspecified atom stereocenters. The standard InChI is InChI=1S/C8H9IO2/c10-9-6-7-11-8-4-2-1-3-5-8/h1-5H,6-7H2. The number of hydrogen-bond donors (Lipinski definition) is 0. The maximum absolute atomic E-state index is 10.2. The molecule has 0 saturated carbocycles. The van der Waals surface area contributed by atoms with Gasteiger partial charge < -0.3 is 4.74 Å². The molecule has 0 heterocycles. The van der Waals surface area contributed by atoms with Crippen molar-refractivity contribution < 1.29 is 7.81 Å². The Morgan fingerprint density at radius 3 is 2.64 bits per heavy atom. The second kappa shape index (κ2) is 5.23. The van der Waals surface area contributed by atoms with E-state index in [9.17, 15) is 3.07 Å². The van der Waals surface area contributed by atoms with Gasteiger partial charge in [0.15, 0.2) is 0 Å². The Hall–Kier alpha value is -0.450. The molecule has 0 aliphatic carbocycles. The average molecular weight is 264 g/mol. The molecule has 0 aromatic heterocycles. The van der Waals surface area contributed by atoms with E-state index < -0.39 is 21.2 Å². The van der Waals surface area contributed by atoms with Gasteiger partial charge in [-0.15, -0.1) is 0 Å². The van der Waals surface area contributed by atoms with E-state index in [1.54, 1.807) is 0 Å². The maximum Gasteiger partial charge on any atom is 0.147 e. The van der Waals surface area contributed by atoms with Crippen LogP contribution in [0.1, 0.15) is 0 Å². The third-order valence-electron chi connectivity index (χ3n) is 1.17. The van der Waals surface area contributed by atoms with Crippen LogP contribution in [-0.2, 0) is 3.07 Å². The minimum Gasteiger partial charge on any atom is -0.493 e. The fraction of sp³-hybridized carbons (Fsp3) is 0.250. The quantitative estimate of drug-likeness (QED) is 0.474. The lowest BCUT2D eigenvalue weighted by Crippen LogP contribution is -1.97. The minimum absolute atomic E-state index is 0.570. The molecule has 11 heavy (non-hydrogen) atoms.